The molecule has 2 fully saturated rings. The Morgan fingerprint density at radius 1 is 1.08 bits per heavy atom. The minimum absolute atomic E-state index is 0. The van der Waals surface area contributed by atoms with Gasteiger partial charge in [0.25, 0.3) is 5.91 Å². The van der Waals surface area contributed by atoms with Crippen LogP contribution in [0.4, 0.5) is 13.2 Å². The van der Waals surface area contributed by atoms with Crippen LogP contribution in [0.15, 0.2) is 24.3 Å². The molecule has 1 saturated heterocycles. The van der Waals surface area contributed by atoms with E-state index in [1.165, 1.54) is 17.7 Å². The zero-order chi connectivity index (χ0) is 16.4. The quantitative estimate of drug-likeness (QED) is 0.884. The summed E-state index contributed by atoms with van der Waals surface area (Å²) in [6.07, 6.45) is -1.70. The Morgan fingerprint density at radius 2 is 1.67 bits per heavy atom. The second kappa shape index (κ2) is 7.74. The summed E-state index contributed by atoms with van der Waals surface area (Å²) >= 11 is 0. The number of nitrogens with one attached hydrogen (secondary N) is 1. The van der Waals surface area contributed by atoms with Crippen LogP contribution < -0.4 is 5.32 Å². The highest BCUT2D eigenvalue weighted by Gasteiger charge is 2.41. The Kier molecular flexibility index (Phi) is 6.15. The SMILES string of the molecule is Cl.O=C(c1ccc(CNC2CC2)cc1)N1CCC(C(F)(F)F)CC1. The number of piperidine rings is 1. The van der Waals surface area contributed by atoms with Crippen molar-refractivity contribution >= 4 is 18.3 Å². The second-order valence-electron chi connectivity index (χ2n) is 6.46. The highest BCUT2D eigenvalue weighted by molar-refractivity contribution is 5.94. The lowest BCUT2D eigenvalue weighted by atomic mass is 9.96. The van der Waals surface area contributed by atoms with Crippen molar-refractivity contribution in [2.75, 3.05) is 13.1 Å². The van der Waals surface area contributed by atoms with Crippen LogP contribution in [0.3, 0.4) is 0 Å². The number of benzene rings is 1. The van der Waals surface area contributed by atoms with Gasteiger partial charge in [-0.25, -0.2) is 0 Å². The lowest BCUT2D eigenvalue weighted by molar-refractivity contribution is -0.183. The molecular weight excluding hydrogens is 341 g/mol. The number of carbonyl (C=O) groups excluding carboxylic acids is 1. The van der Waals surface area contributed by atoms with Gasteiger partial charge in [-0.2, -0.15) is 13.2 Å². The number of halogens is 4. The van der Waals surface area contributed by atoms with Crippen molar-refractivity contribution < 1.29 is 18.0 Å². The number of likely N-dealkylation sites (tertiary alicyclic amines) is 1. The summed E-state index contributed by atoms with van der Waals surface area (Å²) in [6.45, 7) is 1.14. The molecule has 1 N–H and O–H groups in total. The van der Waals surface area contributed by atoms with E-state index in [9.17, 15) is 18.0 Å². The molecule has 2 aliphatic rings. The molecule has 1 saturated carbocycles. The fourth-order valence-electron chi connectivity index (χ4n) is 2.91. The molecule has 7 heteroatoms. The molecule has 3 rings (SSSR count). The van der Waals surface area contributed by atoms with Crippen LogP contribution in [0.25, 0.3) is 0 Å². The molecule has 24 heavy (non-hydrogen) atoms. The molecule has 0 unspecified atom stereocenters. The van der Waals surface area contributed by atoms with Crippen LogP contribution >= 0.6 is 12.4 Å². The summed E-state index contributed by atoms with van der Waals surface area (Å²) in [5.41, 5.74) is 1.66. The normalized spacial score (nSPS) is 19.0. The summed E-state index contributed by atoms with van der Waals surface area (Å²) in [5, 5.41) is 3.40. The Balaban J connectivity index is 0.00000208. The third kappa shape index (κ3) is 4.86. The lowest BCUT2D eigenvalue weighted by Gasteiger charge is -2.33. The molecule has 3 nitrogen and oxygen atoms in total. The molecule has 0 radical (unpaired) electrons. The fourth-order valence-corrected chi connectivity index (χ4v) is 2.91. The molecule has 0 bridgehead atoms. The first-order valence-electron chi connectivity index (χ1n) is 8.12. The molecule has 1 heterocycles. The van der Waals surface area contributed by atoms with E-state index in [2.05, 4.69) is 5.32 Å². The number of nitrogens with zero attached hydrogens (tertiary/aromatic N) is 1. The molecule has 1 aromatic carbocycles. The van der Waals surface area contributed by atoms with E-state index in [0.717, 1.165) is 12.1 Å². The van der Waals surface area contributed by atoms with E-state index in [1.54, 1.807) is 12.1 Å². The van der Waals surface area contributed by atoms with Crippen LogP contribution in [-0.2, 0) is 6.54 Å². The number of alkyl halides is 3. The largest absolute Gasteiger partial charge is 0.391 e. The Hall–Kier alpha value is -1.27. The van der Waals surface area contributed by atoms with Crippen LogP contribution in [0.1, 0.15) is 41.6 Å². The van der Waals surface area contributed by atoms with E-state index >= 15 is 0 Å². The molecule has 134 valence electrons. The van der Waals surface area contributed by atoms with Crippen LogP contribution in [0, 0.1) is 5.92 Å². The zero-order valence-corrected chi connectivity index (χ0v) is 14.1. The van der Waals surface area contributed by atoms with Gasteiger partial charge in [-0.1, -0.05) is 12.1 Å². The first-order valence-corrected chi connectivity index (χ1v) is 8.12. The summed E-state index contributed by atoms with van der Waals surface area (Å²) in [7, 11) is 0. The van der Waals surface area contributed by atoms with Gasteiger partial charge in [0, 0.05) is 31.2 Å². The Bertz CT molecular complexity index is 550. The van der Waals surface area contributed by atoms with E-state index in [0.29, 0.717) is 11.6 Å². The van der Waals surface area contributed by atoms with Crippen molar-refractivity contribution in [1.29, 1.82) is 0 Å². The number of carbonyl (C=O) groups is 1. The van der Waals surface area contributed by atoms with Crippen molar-refractivity contribution in [2.24, 2.45) is 5.92 Å². The fraction of sp³-hybridized carbons (Fsp3) is 0.588. The summed E-state index contributed by atoms with van der Waals surface area (Å²) < 4.78 is 38.0. The van der Waals surface area contributed by atoms with Crippen LogP contribution in [0.2, 0.25) is 0 Å². The number of rotatable bonds is 4. The zero-order valence-electron chi connectivity index (χ0n) is 13.3. The van der Waals surface area contributed by atoms with E-state index in [4.69, 9.17) is 0 Å². The van der Waals surface area contributed by atoms with Crippen LogP contribution in [0.5, 0.6) is 0 Å². The molecule has 0 atom stereocenters. The minimum atomic E-state index is -4.15. The first-order chi connectivity index (χ1) is 10.9. The van der Waals surface area contributed by atoms with E-state index in [-0.39, 0.29) is 44.2 Å². The Morgan fingerprint density at radius 3 is 2.17 bits per heavy atom. The molecule has 1 amide bonds. The smallest absolute Gasteiger partial charge is 0.339 e. The predicted molar refractivity (Wildman–Crippen MR) is 88.2 cm³/mol. The third-order valence-electron chi connectivity index (χ3n) is 4.62. The predicted octanol–water partition coefficient (Wildman–Crippen LogP) is 3.77. The Labute approximate surface area is 146 Å². The monoisotopic (exact) mass is 362 g/mol. The van der Waals surface area contributed by atoms with Gasteiger partial charge in [0.1, 0.15) is 0 Å². The maximum atomic E-state index is 12.7. The van der Waals surface area contributed by atoms with Crippen molar-refractivity contribution in [3.63, 3.8) is 0 Å². The van der Waals surface area contributed by atoms with Crippen molar-refractivity contribution in [3.8, 4) is 0 Å². The van der Waals surface area contributed by atoms with Crippen molar-refractivity contribution in [1.82, 2.24) is 10.2 Å². The van der Waals surface area contributed by atoms with E-state index in [1.807, 2.05) is 12.1 Å². The molecule has 0 aromatic heterocycles. The van der Waals surface area contributed by atoms with Gasteiger partial charge in [-0.15, -0.1) is 12.4 Å². The van der Waals surface area contributed by atoms with Gasteiger partial charge >= 0.3 is 6.18 Å². The van der Waals surface area contributed by atoms with Crippen molar-refractivity contribution in [2.45, 2.75) is 44.4 Å². The lowest BCUT2D eigenvalue weighted by Crippen LogP contribution is -2.42. The van der Waals surface area contributed by atoms with E-state index < -0.39 is 12.1 Å². The molecule has 1 aliphatic carbocycles. The van der Waals surface area contributed by atoms with Gasteiger partial charge in [-0.05, 0) is 43.4 Å². The maximum Gasteiger partial charge on any atom is 0.391 e. The maximum absolute atomic E-state index is 12.7. The average molecular weight is 363 g/mol. The number of amides is 1. The second-order valence-corrected chi connectivity index (χ2v) is 6.46. The summed E-state index contributed by atoms with van der Waals surface area (Å²) in [4.78, 5) is 13.9. The first kappa shape index (κ1) is 19.1. The van der Waals surface area contributed by atoms with Crippen LogP contribution in [-0.4, -0.2) is 36.1 Å². The minimum Gasteiger partial charge on any atom is -0.339 e. The molecular formula is C17H22ClF3N2O. The highest BCUT2D eigenvalue weighted by atomic mass is 35.5. The standard InChI is InChI=1S/C17H21F3N2O.ClH/c18-17(19,20)14-7-9-22(10-8-14)16(23)13-3-1-12(2-4-13)11-21-15-5-6-15;/h1-4,14-15,21H,5-11H2;1H. The summed E-state index contributed by atoms with van der Waals surface area (Å²) in [6, 6.07) is 7.98. The molecule has 0 spiro atoms. The number of hydrogen-bond acceptors (Lipinski definition) is 2. The van der Waals surface area contributed by atoms with Gasteiger partial charge in [0.05, 0.1) is 5.92 Å². The average Bonchev–Trinajstić information content (AvgIpc) is 3.36. The third-order valence-corrected chi connectivity index (χ3v) is 4.62. The molecule has 1 aliphatic heterocycles. The highest BCUT2D eigenvalue weighted by Crippen LogP contribution is 2.34. The summed E-state index contributed by atoms with van der Waals surface area (Å²) in [5.74, 6) is -1.45. The van der Waals surface area contributed by atoms with Gasteiger partial charge in [0.15, 0.2) is 0 Å². The van der Waals surface area contributed by atoms with Crippen molar-refractivity contribution in [3.05, 3.63) is 35.4 Å². The number of hydrogen-bond donors (Lipinski definition) is 1. The molecule has 1 aromatic rings. The van der Waals surface area contributed by atoms with Gasteiger partial charge < -0.3 is 10.2 Å². The van der Waals surface area contributed by atoms with Gasteiger partial charge in [-0.3, -0.25) is 4.79 Å². The topological polar surface area (TPSA) is 32.3 Å². The van der Waals surface area contributed by atoms with Gasteiger partial charge in [0.2, 0.25) is 0 Å².